The van der Waals surface area contributed by atoms with Crippen LogP contribution in [0, 0.1) is 6.92 Å². The fourth-order valence-corrected chi connectivity index (χ4v) is 4.51. The maximum atomic E-state index is 13.2. The second kappa shape index (κ2) is 7.76. The summed E-state index contributed by atoms with van der Waals surface area (Å²) in [5.41, 5.74) is 0.186. The Labute approximate surface area is 186 Å². The molecule has 8 nitrogen and oxygen atoms in total. The first kappa shape index (κ1) is 22.0. The molecule has 8 heteroatoms. The topological polar surface area (TPSA) is 95.0 Å². The van der Waals surface area contributed by atoms with Gasteiger partial charge in [-0.15, -0.1) is 0 Å². The number of hydrogen-bond acceptors (Lipinski definition) is 7. The van der Waals surface area contributed by atoms with Crippen LogP contribution in [-0.4, -0.2) is 58.6 Å². The first-order chi connectivity index (χ1) is 15.0. The predicted octanol–water partition coefficient (Wildman–Crippen LogP) is 3.82. The zero-order valence-electron chi connectivity index (χ0n) is 19.1. The molecule has 1 spiro atoms. The van der Waals surface area contributed by atoms with Crippen molar-refractivity contribution < 1.29 is 28.6 Å². The summed E-state index contributed by atoms with van der Waals surface area (Å²) in [5, 5.41) is 0.738. The van der Waals surface area contributed by atoms with Crippen molar-refractivity contribution in [2.45, 2.75) is 64.2 Å². The molecule has 0 N–H and O–H groups in total. The molecule has 1 aromatic heterocycles. The molecule has 2 atom stereocenters. The number of esters is 1. The highest BCUT2D eigenvalue weighted by Crippen LogP contribution is 2.43. The van der Waals surface area contributed by atoms with E-state index in [1.54, 1.807) is 27.7 Å². The van der Waals surface area contributed by atoms with E-state index in [-0.39, 0.29) is 25.2 Å². The standard InChI is InChI=1S/C24H28N2O6/c1-14-20-19(15-8-6-7-9-16(15)25-14)18(27)10-11-24(31-20)12-17(21(28)30-5)26(13-24)22(29)32-23(2,3)4/h6-9,17H,10-13H2,1-5H3. The van der Waals surface area contributed by atoms with Crippen LogP contribution in [0.4, 0.5) is 4.79 Å². The average molecular weight is 440 g/mol. The Kier molecular flexibility index (Phi) is 5.35. The minimum atomic E-state index is -0.925. The number of rotatable bonds is 1. The van der Waals surface area contributed by atoms with Gasteiger partial charge in [0.05, 0.1) is 30.4 Å². The summed E-state index contributed by atoms with van der Waals surface area (Å²) in [6.45, 7) is 7.21. The number of pyridine rings is 1. The highest BCUT2D eigenvalue weighted by molar-refractivity contribution is 6.10. The maximum Gasteiger partial charge on any atom is 0.411 e. The smallest absolute Gasteiger partial charge is 0.411 e. The number of aromatic nitrogens is 1. The van der Waals surface area contributed by atoms with Crippen LogP contribution in [0.25, 0.3) is 10.9 Å². The van der Waals surface area contributed by atoms with Gasteiger partial charge in [-0.3, -0.25) is 9.69 Å². The number of benzene rings is 1. The van der Waals surface area contributed by atoms with Gasteiger partial charge < -0.3 is 14.2 Å². The Morgan fingerprint density at radius 2 is 1.97 bits per heavy atom. The average Bonchev–Trinajstić information content (AvgIpc) is 3.03. The first-order valence-electron chi connectivity index (χ1n) is 10.7. The number of hydrogen-bond donors (Lipinski definition) is 0. The summed E-state index contributed by atoms with van der Waals surface area (Å²) in [5.74, 6) is -0.162. The second-order valence-corrected chi connectivity index (χ2v) is 9.48. The number of nitrogens with zero attached hydrogens (tertiary/aromatic N) is 2. The molecule has 2 aliphatic rings. The predicted molar refractivity (Wildman–Crippen MR) is 117 cm³/mol. The SMILES string of the molecule is COC(=O)C1CC2(CCC(=O)c3c(c(C)nc4ccccc34)O2)CN1C(=O)OC(C)(C)C. The first-order valence-corrected chi connectivity index (χ1v) is 10.7. The van der Waals surface area contributed by atoms with Crippen molar-refractivity contribution in [2.75, 3.05) is 13.7 Å². The van der Waals surface area contributed by atoms with Crippen molar-refractivity contribution in [3.05, 3.63) is 35.5 Å². The van der Waals surface area contributed by atoms with Crippen molar-refractivity contribution in [1.82, 2.24) is 9.88 Å². The molecular weight excluding hydrogens is 412 g/mol. The molecular formula is C24H28N2O6. The van der Waals surface area contributed by atoms with Crippen LogP contribution in [0.2, 0.25) is 0 Å². The summed E-state index contributed by atoms with van der Waals surface area (Å²) >= 11 is 0. The maximum absolute atomic E-state index is 13.2. The Hall–Kier alpha value is -3.16. The fourth-order valence-electron chi connectivity index (χ4n) is 4.51. The highest BCUT2D eigenvalue weighted by atomic mass is 16.6. The molecule has 1 fully saturated rings. The molecule has 0 radical (unpaired) electrons. The summed E-state index contributed by atoms with van der Waals surface area (Å²) in [7, 11) is 1.29. The number of ketones is 1. The van der Waals surface area contributed by atoms with E-state index in [2.05, 4.69) is 4.98 Å². The monoisotopic (exact) mass is 440 g/mol. The van der Waals surface area contributed by atoms with Crippen LogP contribution in [0.15, 0.2) is 24.3 Å². The Morgan fingerprint density at radius 3 is 2.66 bits per heavy atom. The van der Waals surface area contributed by atoms with Gasteiger partial charge in [0.1, 0.15) is 17.2 Å². The lowest BCUT2D eigenvalue weighted by atomic mass is 9.92. The number of carbonyl (C=O) groups is 3. The molecule has 32 heavy (non-hydrogen) atoms. The number of likely N-dealkylation sites (tertiary alicyclic amines) is 1. The third-order valence-electron chi connectivity index (χ3n) is 5.92. The van der Waals surface area contributed by atoms with Crippen LogP contribution < -0.4 is 4.74 Å². The van der Waals surface area contributed by atoms with E-state index < -0.39 is 29.3 Å². The Bertz CT molecular complexity index is 1110. The van der Waals surface area contributed by atoms with Gasteiger partial charge >= 0.3 is 12.1 Å². The molecule has 0 saturated carbocycles. The molecule has 1 amide bonds. The van der Waals surface area contributed by atoms with E-state index in [4.69, 9.17) is 14.2 Å². The molecule has 2 aliphatic heterocycles. The van der Waals surface area contributed by atoms with Crippen molar-refractivity contribution in [3.8, 4) is 5.75 Å². The lowest BCUT2D eigenvalue weighted by molar-refractivity contribution is -0.145. The summed E-state index contributed by atoms with van der Waals surface area (Å²) in [6.07, 6.45) is 0.188. The minimum absolute atomic E-state index is 0.0380. The van der Waals surface area contributed by atoms with Crippen molar-refractivity contribution in [3.63, 3.8) is 0 Å². The molecule has 1 aromatic carbocycles. The number of para-hydroxylation sites is 1. The van der Waals surface area contributed by atoms with Crippen molar-refractivity contribution in [2.24, 2.45) is 0 Å². The third-order valence-corrected chi connectivity index (χ3v) is 5.92. The number of carbonyl (C=O) groups excluding carboxylic acids is 3. The molecule has 2 aromatic rings. The molecule has 1 saturated heterocycles. The number of fused-ring (bicyclic) bond motifs is 3. The van der Waals surface area contributed by atoms with Gasteiger partial charge in [-0.25, -0.2) is 14.6 Å². The second-order valence-electron chi connectivity index (χ2n) is 9.48. The van der Waals surface area contributed by atoms with Crippen LogP contribution in [0.1, 0.15) is 56.1 Å². The van der Waals surface area contributed by atoms with Gasteiger partial charge in [0.2, 0.25) is 0 Å². The van der Waals surface area contributed by atoms with Crippen molar-refractivity contribution in [1.29, 1.82) is 0 Å². The van der Waals surface area contributed by atoms with E-state index in [0.717, 1.165) is 10.9 Å². The van der Waals surface area contributed by atoms with Crippen LogP contribution >= 0.6 is 0 Å². The molecule has 170 valence electrons. The zero-order valence-corrected chi connectivity index (χ0v) is 19.1. The normalized spacial score (nSPS) is 23.0. The van der Waals surface area contributed by atoms with E-state index in [0.29, 0.717) is 23.4 Å². The number of aryl methyl sites for hydroxylation is 1. The number of ether oxygens (including phenoxy) is 3. The van der Waals surface area contributed by atoms with E-state index >= 15 is 0 Å². The van der Waals surface area contributed by atoms with Crippen LogP contribution in [0.5, 0.6) is 5.75 Å². The van der Waals surface area contributed by atoms with Crippen LogP contribution in [-0.2, 0) is 14.3 Å². The van der Waals surface area contributed by atoms with Gasteiger partial charge in [-0.05, 0) is 40.2 Å². The highest BCUT2D eigenvalue weighted by Gasteiger charge is 2.53. The zero-order chi connectivity index (χ0) is 23.3. The lowest BCUT2D eigenvalue weighted by Crippen LogP contribution is -2.45. The largest absolute Gasteiger partial charge is 0.483 e. The quantitative estimate of drug-likeness (QED) is 0.622. The summed E-state index contributed by atoms with van der Waals surface area (Å²) in [6, 6.07) is 6.60. The number of methoxy groups -OCH3 is 1. The molecule has 3 heterocycles. The van der Waals surface area contributed by atoms with Gasteiger partial charge in [0, 0.05) is 18.2 Å². The van der Waals surface area contributed by atoms with Crippen molar-refractivity contribution >= 4 is 28.7 Å². The minimum Gasteiger partial charge on any atom is -0.483 e. The van der Waals surface area contributed by atoms with E-state index in [9.17, 15) is 14.4 Å². The van der Waals surface area contributed by atoms with Gasteiger partial charge in [0.15, 0.2) is 11.5 Å². The molecule has 4 rings (SSSR count). The molecule has 2 unspecified atom stereocenters. The van der Waals surface area contributed by atoms with Gasteiger partial charge in [0.25, 0.3) is 0 Å². The Morgan fingerprint density at radius 1 is 1.25 bits per heavy atom. The van der Waals surface area contributed by atoms with E-state index in [1.807, 2.05) is 24.3 Å². The van der Waals surface area contributed by atoms with Crippen LogP contribution in [0.3, 0.4) is 0 Å². The van der Waals surface area contributed by atoms with Gasteiger partial charge in [-0.1, -0.05) is 18.2 Å². The molecule has 0 bridgehead atoms. The lowest BCUT2D eigenvalue weighted by Gasteiger charge is -2.30. The van der Waals surface area contributed by atoms with Gasteiger partial charge in [-0.2, -0.15) is 0 Å². The molecule has 0 aliphatic carbocycles. The summed E-state index contributed by atoms with van der Waals surface area (Å²) in [4.78, 5) is 44.6. The Balaban J connectivity index is 1.76. The summed E-state index contributed by atoms with van der Waals surface area (Å²) < 4.78 is 17.0. The fraction of sp³-hybridized carbons (Fsp3) is 0.500. The number of Topliss-reactive ketones (excluding diaryl/α,β-unsaturated/α-hetero) is 1. The third kappa shape index (κ3) is 3.89. The number of amides is 1. The van der Waals surface area contributed by atoms with E-state index in [1.165, 1.54) is 12.0 Å².